The molecule has 1 unspecified atom stereocenters. The first-order valence-corrected chi connectivity index (χ1v) is 12.0. The van der Waals surface area contributed by atoms with Crippen LogP contribution in [0, 0.1) is 5.41 Å². The van der Waals surface area contributed by atoms with Crippen molar-refractivity contribution in [1.29, 1.82) is 5.41 Å². The van der Waals surface area contributed by atoms with E-state index in [0.29, 0.717) is 33.5 Å². The van der Waals surface area contributed by atoms with Gasteiger partial charge in [0.15, 0.2) is 0 Å². The Kier molecular flexibility index (Phi) is 8.51. The zero-order valence-electron chi connectivity index (χ0n) is 18.1. The van der Waals surface area contributed by atoms with Gasteiger partial charge < -0.3 is 15.7 Å². The molecule has 1 aromatic heterocycles. The summed E-state index contributed by atoms with van der Waals surface area (Å²) >= 11 is 0. The highest BCUT2D eigenvalue weighted by atomic mass is 32.2. The van der Waals surface area contributed by atoms with Crippen LogP contribution in [0.3, 0.4) is 0 Å². The summed E-state index contributed by atoms with van der Waals surface area (Å²) in [6.07, 6.45) is 6.83. The van der Waals surface area contributed by atoms with E-state index in [1.165, 1.54) is 0 Å². The van der Waals surface area contributed by atoms with Crippen molar-refractivity contribution in [3.8, 4) is 0 Å². The van der Waals surface area contributed by atoms with Gasteiger partial charge in [0.2, 0.25) is 5.95 Å². The molecule has 1 aliphatic rings. The van der Waals surface area contributed by atoms with Gasteiger partial charge in [-0.2, -0.15) is 4.98 Å². The number of nitrogens with zero attached hydrogens (tertiary/aromatic N) is 2. The standard InChI is InChI=1S/C22H32N6O2S/c1-3-4-13-25-22-26-14-19(21(28-22)27-16-7-9-17(29)10-8-16)20(23)15-5-11-18(12-6-15)31(30)24-2/h5-6,11-12,14,16-17,23-24,29H,3-4,7-10,13H2,1-2H3,(H2,25,26,27,28). The van der Waals surface area contributed by atoms with Crippen molar-refractivity contribution < 1.29 is 9.32 Å². The van der Waals surface area contributed by atoms with Crippen LogP contribution in [-0.4, -0.2) is 50.7 Å². The average Bonchev–Trinajstić information content (AvgIpc) is 2.80. The van der Waals surface area contributed by atoms with Crippen molar-refractivity contribution in [2.24, 2.45) is 0 Å². The second kappa shape index (κ2) is 11.3. The predicted molar refractivity (Wildman–Crippen MR) is 125 cm³/mol. The third kappa shape index (κ3) is 6.32. The summed E-state index contributed by atoms with van der Waals surface area (Å²) in [6.45, 7) is 2.93. The molecule has 1 heterocycles. The molecule has 168 valence electrons. The fraction of sp³-hybridized carbons (Fsp3) is 0.500. The highest BCUT2D eigenvalue weighted by molar-refractivity contribution is 7.83. The van der Waals surface area contributed by atoms with Crippen molar-refractivity contribution >= 4 is 28.5 Å². The third-order valence-electron chi connectivity index (χ3n) is 5.45. The topological polar surface area (TPSA) is 123 Å². The molecule has 1 aliphatic carbocycles. The number of nitrogens with one attached hydrogen (secondary N) is 4. The van der Waals surface area contributed by atoms with Gasteiger partial charge in [-0.15, -0.1) is 0 Å². The Morgan fingerprint density at radius 1 is 1.23 bits per heavy atom. The van der Waals surface area contributed by atoms with E-state index in [2.05, 4.69) is 32.2 Å². The fourth-order valence-corrected chi connectivity index (χ4v) is 4.19. The lowest BCUT2D eigenvalue weighted by molar-refractivity contribution is 0.126. The van der Waals surface area contributed by atoms with Gasteiger partial charge in [0.1, 0.15) is 16.8 Å². The monoisotopic (exact) mass is 444 g/mol. The second-order valence-electron chi connectivity index (χ2n) is 7.76. The molecule has 1 fully saturated rings. The van der Waals surface area contributed by atoms with Crippen LogP contribution in [0.15, 0.2) is 35.4 Å². The van der Waals surface area contributed by atoms with E-state index in [4.69, 9.17) is 5.41 Å². The zero-order valence-corrected chi connectivity index (χ0v) is 19.0. The molecule has 1 aromatic carbocycles. The molecule has 9 heteroatoms. The van der Waals surface area contributed by atoms with E-state index in [0.717, 1.165) is 45.1 Å². The van der Waals surface area contributed by atoms with Gasteiger partial charge in [0.25, 0.3) is 0 Å². The van der Waals surface area contributed by atoms with E-state index < -0.39 is 11.0 Å². The molecule has 1 saturated carbocycles. The number of hydrogen-bond donors (Lipinski definition) is 5. The zero-order chi connectivity index (χ0) is 22.2. The van der Waals surface area contributed by atoms with Crippen LogP contribution in [0.25, 0.3) is 0 Å². The minimum Gasteiger partial charge on any atom is -0.393 e. The van der Waals surface area contributed by atoms with E-state index in [9.17, 15) is 9.32 Å². The molecular weight excluding hydrogens is 412 g/mol. The lowest BCUT2D eigenvalue weighted by atomic mass is 9.93. The lowest BCUT2D eigenvalue weighted by Crippen LogP contribution is -2.29. The van der Waals surface area contributed by atoms with Gasteiger partial charge in [0, 0.05) is 24.3 Å². The Bertz CT molecular complexity index is 897. The summed E-state index contributed by atoms with van der Waals surface area (Å²) < 4.78 is 14.6. The molecule has 0 radical (unpaired) electrons. The summed E-state index contributed by atoms with van der Waals surface area (Å²) in [5.41, 5.74) is 1.63. The minimum absolute atomic E-state index is 0.203. The first kappa shape index (κ1) is 23.3. The van der Waals surface area contributed by atoms with Crippen molar-refractivity contribution in [2.45, 2.75) is 62.5 Å². The van der Waals surface area contributed by atoms with E-state index in [-0.39, 0.29) is 12.1 Å². The van der Waals surface area contributed by atoms with Crippen molar-refractivity contribution in [3.05, 3.63) is 41.6 Å². The van der Waals surface area contributed by atoms with Crippen LogP contribution in [0.4, 0.5) is 11.8 Å². The van der Waals surface area contributed by atoms with Crippen LogP contribution in [0.1, 0.15) is 56.6 Å². The van der Waals surface area contributed by atoms with Gasteiger partial charge >= 0.3 is 0 Å². The van der Waals surface area contributed by atoms with Crippen LogP contribution in [0.2, 0.25) is 0 Å². The molecule has 0 spiro atoms. The first-order chi connectivity index (χ1) is 15.0. The summed E-state index contributed by atoms with van der Waals surface area (Å²) in [6, 6.07) is 7.30. The SMILES string of the molecule is CCCCNc1ncc(C(=N)c2ccc(S(=O)NC)cc2)c(NC2CCC(O)CC2)n1. The van der Waals surface area contributed by atoms with Gasteiger partial charge in [-0.3, -0.25) is 5.41 Å². The molecule has 0 amide bonds. The average molecular weight is 445 g/mol. The molecular formula is C22H32N6O2S. The maximum absolute atomic E-state index is 11.9. The molecule has 0 bridgehead atoms. The fourth-order valence-electron chi connectivity index (χ4n) is 3.57. The number of aromatic nitrogens is 2. The number of rotatable bonds is 10. The molecule has 0 aliphatic heterocycles. The molecule has 8 nitrogen and oxygen atoms in total. The molecule has 2 aromatic rings. The molecule has 5 N–H and O–H groups in total. The van der Waals surface area contributed by atoms with Gasteiger partial charge in [-0.1, -0.05) is 25.5 Å². The number of unbranched alkanes of at least 4 members (excludes halogenated alkanes) is 1. The smallest absolute Gasteiger partial charge is 0.224 e. The quantitative estimate of drug-likeness (QED) is 0.283. The number of aliphatic hydroxyl groups excluding tert-OH is 1. The molecule has 31 heavy (non-hydrogen) atoms. The maximum atomic E-state index is 11.9. The molecule has 3 rings (SSSR count). The Hall–Kier alpha value is -2.36. The van der Waals surface area contributed by atoms with Crippen LogP contribution in [0.5, 0.6) is 0 Å². The largest absolute Gasteiger partial charge is 0.393 e. The van der Waals surface area contributed by atoms with Crippen molar-refractivity contribution in [3.63, 3.8) is 0 Å². The Morgan fingerprint density at radius 2 is 1.94 bits per heavy atom. The second-order valence-corrected chi connectivity index (χ2v) is 9.18. The van der Waals surface area contributed by atoms with Crippen LogP contribution in [-0.2, 0) is 11.0 Å². The normalized spacial score (nSPS) is 19.6. The van der Waals surface area contributed by atoms with Crippen LogP contribution >= 0.6 is 0 Å². The minimum atomic E-state index is -1.26. The van der Waals surface area contributed by atoms with Crippen molar-refractivity contribution in [2.75, 3.05) is 24.2 Å². The van der Waals surface area contributed by atoms with Crippen LogP contribution < -0.4 is 15.4 Å². The van der Waals surface area contributed by atoms with E-state index in [1.54, 1.807) is 37.5 Å². The summed E-state index contributed by atoms with van der Waals surface area (Å²) in [5.74, 6) is 1.17. The Morgan fingerprint density at radius 3 is 2.58 bits per heavy atom. The van der Waals surface area contributed by atoms with Crippen molar-refractivity contribution in [1.82, 2.24) is 14.7 Å². The number of anilines is 2. The Labute approximate surface area is 186 Å². The van der Waals surface area contributed by atoms with E-state index in [1.807, 2.05) is 0 Å². The predicted octanol–water partition coefficient (Wildman–Crippen LogP) is 3.06. The first-order valence-electron chi connectivity index (χ1n) is 10.9. The van der Waals surface area contributed by atoms with Gasteiger partial charge in [-0.05, 0) is 51.3 Å². The number of hydrogen-bond acceptors (Lipinski definition) is 7. The summed E-state index contributed by atoms with van der Waals surface area (Å²) in [4.78, 5) is 9.75. The Balaban J connectivity index is 1.84. The van der Waals surface area contributed by atoms with Gasteiger partial charge in [-0.25, -0.2) is 13.9 Å². The highest BCUT2D eigenvalue weighted by Crippen LogP contribution is 2.25. The van der Waals surface area contributed by atoms with E-state index >= 15 is 0 Å². The van der Waals surface area contributed by atoms with Gasteiger partial charge in [0.05, 0.1) is 22.3 Å². The maximum Gasteiger partial charge on any atom is 0.224 e. The summed E-state index contributed by atoms with van der Waals surface area (Å²) in [7, 11) is 0.378. The number of aliphatic hydroxyl groups is 1. The molecule has 0 saturated heterocycles. The number of benzene rings is 1. The molecule has 1 atom stereocenters. The lowest BCUT2D eigenvalue weighted by Gasteiger charge is -2.27. The summed E-state index contributed by atoms with van der Waals surface area (Å²) in [5, 5.41) is 25.3. The third-order valence-corrected chi connectivity index (χ3v) is 6.52. The highest BCUT2D eigenvalue weighted by Gasteiger charge is 2.22.